The highest BCUT2D eigenvalue weighted by Gasteiger charge is 2.22. The molecule has 0 spiro atoms. The smallest absolute Gasteiger partial charge is 0.256 e. The molecule has 0 fully saturated rings. The molecular weight excluding hydrogens is 272 g/mol. The minimum Gasteiger partial charge on any atom is -0.369 e. The molecule has 106 valence electrons. The Kier molecular flexibility index (Phi) is 5.26. The van der Waals surface area contributed by atoms with E-state index in [1.807, 2.05) is 35.9 Å². The maximum absolute atomic E-state index is 12.5. The zero-order valence-electron chi connectivity index (χ0n) is 11.7. The lowest BCUT2D eigenvalue weighted by Crippen LogP contribution is -2.38. The van der Waals surface area contributed by atoms with Gasteiger partial charge in [-0.3, -0.25) is 9.78 Å². The largest absolute Gasteiger partial charge is 0.369 e. The van der Waals surface area contributed by atoms with E-state index in [1.165, 1.54) is 0 Å². The number of carbonyl (C=O) groups excluding carboxylic acids is 1. The number of aromatic nitrogens is 1. The average molecular weight is 290 g/mol. The molecule has 0 radical (unpaired) electrons. The van der Waals surface area contributed by atoms with Gasteiger partial charge < -0.3 is 9.64 Å². The summed E-state index contributed by atoms with van der Waals surface area (Å²) in [5, 5.41) is 4.05. The molecule has 1 amide bonds. The van der Waals surface area contributed by atoms with E-state index in [0.717, 1.165) is 11.3 Å². The number of nitrogens with zero attached hydrogens (tertiary/aromatic N) is 2. The van der Waals surface area contributed by atoms with E-state index in [0.29, 0.717) is 13.2 Å². The molecule has 2 aromatic heterocycles. The van der Waals surface area contributed by atoms with E-state index < -0.39 is 6.10 Å². The Hall–Kier alpha value is -1.72. The lowest BCUT2D eigenvalue weighted by molar-refractivity contribution is -0.128. The average Bonchev–Trinajstić information content (AvgIpc) is 2.98. The van der Waals surface area contributed by atoms with Crippen LogP contribution in [0.3, 0.4) is 0 Å². The Bertz CT molecular complexity index is 528. The SMILES string of the molecule is CCO[C@H](C)C(=O)N(Cc1ccsc1)c1cccnc1. The first-order valence-electron chi connectivity index (χ1n) is 6.56. The highest BCUT2D eigenvalue weighted by atomic mass is 32.1. The van der Waals surface area contributed by atoms with Crippen LogP contribution in [-0.4, -0.2) is 23.6 Å². The van der Waals surface area contributed by atoms with Gasteiger partial charge in [0.05, 0.1) is 18.4 Å². The molecule has 0 aromatic carbocycles. The maximum atomic E-state index is 12.5. The molecule has 5 heteroatoms. The van der Waals surface area contributed by atoms with Crippen LogP contribution in [0.15, 0.2) is 41.4 Å². The van der Waals surface area contributed by atoms with Gasteiger partial charge in [-0.25, -0.2) is 0 Å². The molecule has 1 atom stereocenters. The molecule has 0 aliphatic carbocycles. The number of pyridine rings is 1. The zero-order chi connectivity index (χ0) is 14.4. The third-order valence-electron chi connectivity index (χ3n) is 2.91. The molecule has 2 aromatic rings. The number of thiophene rings is 1. The number of hydrogen-bond donors (Lipinski definition) is 0. The van der Waals surface area contributed by atoms with Gasteiger partial charge in [-0.05, 0) is 48.4 Å². The van der Waals surface area contributed by atoms with Crippen LogP contribution in [0.2, 0.25) is 0 Å². The van der Waals surface area contributed by atoms with Gasteiger partial charge in [0, 0.05) is 12.8 Å². The second kappa shape index (κ2) is 7.17. The standard InChI is InChI=1S/C15H18N2O2S/c1-3-19-12(2)15(18)17(10-13-6-8-20-11-13)14-5-4-7-16-9-14/h4-9,11-12H,3,10H2,1-2H3/t12-/m1/s1. The number of anilines is 1. The topological polar surface area (TPSA) is 42.4 Å². The van der Waals surface area contributed by atoms with Gasteiger partial charge >= 0.3 is 0 Å². The Morgan fingerprint density at radius 1 is 1.50 bits per heavy atom. The first kappa shape index (κ1) is 14.7. The van der Waals surface area contributed by atoms with Crippen LogP contribution in [0.25, 0.3) is 0 Å². The number of ether oxygens (including phenoxy) is 1. The number of amides is 1. The van der Waals surface area contributed by atoms with Crippen molar-refractivity contribution >= 4 is 22.9 Å². The van der Waals surface area contributed by atoms with Crippen molar-refractivity contribution in [3.8, 4) is 0 Å². The van der Waals surface area contributed by atoms with E-state index in [4.69, 9.17) is 4.74 Å². The molecule has 0 aliphatic rings. The van der Waals surface area contributed by atoms with Gasteiger partial charge in [-0.1, -0.05) is 0 Å². The summed E-state index contributed by atoms with van der Waals surface area (Å²) < 4.78 is 5.42. The Balaban J connectivity index is 2.22. The summed E-state index contributed by atoms with van der Waals surface area (Å²) in [6.45, 7) is 4.72. The Morgan fingerprint density at radius 3 is 2.95 bits per heavy atom. The van der Waals surface area contributed by atoms with Crippen molar-refractivity contribution in [2.24, 2.45) is 0 Å². The molecule has 2 heterocycles. The Labute approximate surface area is 123 Å². The lowest BCUT2D eigenvalue weighted by atomic mass is 10.2. The van der Waals surface area contributed by atoms with Crippen molar-refractivity contribution in [1.82, 2.24) is 4.98 Å². The molecule has 0 N–H and O–H groups in total. The fraction of sp³-hybridized carbons (Fsp3) is 0.333. The molecular formula is C15H18N2O2S. The quantitative estimate of drug-likeness (QED) is 0.821. The number of hydrogen-bond acceptors (Lipinski definition) is 4. The number of rotatable bonds is 6. The van der Waals surface area contributed by atoms with Crippen LogP contribution in [0.1, 0.15) is 19.4 Å². The monoisotopic (exact) mass is 290 g/mol. The van der Waals surface area contributed by atoms with Crippen LogP contribution in [0.5, 0.6) is 0 Å². The summed E-state index contributed by atoms with van der Waals surface area (Å²) in [5.74, 6) is -0.0500. The van der Waals surface area contributed by atoms with Gasteiger partial charge in [-0.15, -0.1) is 0 Å². The molecule has 20 heavy (non-hydrogen) atoms. The summed E-state index contributed by atoms with van der Waals surface area (Å²) >= 11 is 1.62. The van der Waals surface area contributed by atoms with Gasteiger partial charge in [-0.2, -0.15) is 11.3 Å². The van der Waals surface area contributed by atoms with Crippen LogP contribution in [0, 0.1) is 0 Å². The normalized spacial score (nSPS) is 12.1. The van der Waals surface area contributed by atoms with E-state index in [-0.39, 0.29) is 5.91 Å². The van der Waals surface area contributed by atoms with Crippen molar-refractivity contribution in [3.05, 3.63) is 46.9 Å². The molecule has 2 rings (SSSR count). The van der Waals surface area contributed by atoms with Crippen LogP contribution in [-0.2, 0) is 16.1 Å². The Morgan fingerprint density at radius 2 is 2.35 bits per heavy atom. The second-order valence-electron chi connectivity index (χ2n) is 4.36. The van der Waals surface area contributed by atoms with Gasteiger partial charge in [0.1, 0.15) is 6.10 Å². The zero-order valence-corrected chi connectivity index (χ0v) is 12.5. The third-order valence-corrected chi connectivity index (χ3v) is 3.64. The first-order chi connectivity index (χ1) is 9.72. The predicted octanol–water partition coefficient (Wildman–Crippen LogP) is 3.10. The molecule has 0 saturated heterocycles. The van der Waals surface area contributed by atoms with Gasteiger partial charge in [0.25, 0.3) is 5.91 Å². The van der Waals surface area contributed by atoms with Crippen LogP contribution < -0.4 is 4.90 Å². The predicted molar refractivity (Wildman–Crippen MR) is 80.8 cm³/mol. The minimum absolute atomic E-state index is 0.0500. The first-order valence-corrected chi connectivity index (χ1v) is 7.50. The van der Waals surface area contributed by atoms with Crippen molar-refractivity contribution in [3.63, 3.8) is 0 Å². The summed E-state index contributed by atoms with van der Waals surface area (Å²) in [6, 6.07) is 5.73. The molecule has 4 nitrogen and oxygen atoms in total. The minimum atomic E-state index is -0.459. The lowest BCUT2D eigenvalue weighted by Gasteiger charge is -2.25. The van der Waals surface area contributed by atoms with Crippen LogP contribution >= 0.6 is 11.3 Å². The van der Waals surface area contributed by atoms with E-state index in [2.05, 4.69) is 4.98 Å². The van der Waals surface area contributed by atoms with Crippen molar-refractivity contribution in [2.45, 2.75) is 26.5 Å². The fourth-order valence-electron chi connectivity index (χ4n) is 1.92. The van der Waals surface area contributed by atoms with E-state index in [9.17, 15) is 4.79 Å². The van der Waals surface area contributed by atoms with E-state index >= 15 is 0 Å². The van der Waals surface area contributed by atoms with Crippen molar-refractivity contribution < 1.29 is 9.53 Å². The van der Waals surface area contributed by atoms with E-state index in [1.54, 1.807) is 35.6 Å². The highest BCUT2D eigenvalue weighted by molar-refractivity contribution is 7.07. The molecule has 0 saturated carbocycles. The van der Waals surface area contributed by atoms with Crippen molar-refractivity contribution in [2.75, 3.05) is 11.5 Å². The van der Waals surface area contributed by atoms with Gasteiger partial charge in [0.2, 0.25) is 0 Å². The summed E-state index contributed by atoms with van der Waals surface area (Å²) in [7, 11) is 0. The second-order valence-corrected chi connectivity index (χ2v) is 5.14. The molecule has 0 bridgehead atoms. The summed E-state index contributed by atoms with van der Waals surface area (Å²) in [4.78, 5) is 18.3. The van der Waals surface area contributed by atoms with Gasteiger partial charge in [0.15, 0.2) is 0 Å². The molecule has 0 aliphatic heterocycles. The highest BCUT2D eigenvalue weighted by Crippen LogP contribution is 2.19. The maximum Gasteiger partial charge on any atom is 0.256 e. The van der Waals surface area contributed by atoms with Crippen molar-refractivity contribution in [1.29, 1.82) is 0 Å². The number of carbonyl (C=O) groups is 1. The van der Waals surface area contributed by atoms with Crippen LogP contribution in [0.4, 0.5) is 5.69 Å². The third kappa shape index (κ3) is 3.65. The summed E-state index contributed by atoms with van der Waals surface area (Å²) in [5.41, 5.74) is 1.89. The fourth-order valence-corrected chi connectivity index (χ4v) is 2.58. The molecule has 0 unspecified atom stereocenters. The summed E-state index contributed by atoms with van der Waals surface area (Å²) in [6.07, 6.45) is 2.94.